The van der Waals surface area contributed by atoms with Crippen LogP contribution in [0.2, 0.25) is 0 Å². The lowest BCUT2D eigenvalue weighted by atomic mass is 10.2. The molecule has 3 heteroatoms. The van der Waals surface area contributed by atoms with Crippen molar-refractivity contribution in [3.8, 4) is 17.4 Å². The molecule has 3 nitrogen and oxygen atoms in total. The van der Waals surface area contributed by atoms with E-state index in [1.165, 1.54) is 0 Å². The maximum absolute atomic E-state index is 8.86. The van der Waals surface area contributed by atoms with Gasteiger partial charge in [-0.2, -0.15) is 5.26 Å². The molecule has 0 atom stereocenters. The van der Waals surface area contributed by atoms with E-state index in [9.17, 15) is 0 Å². The minimum Gasteiger partial charge on any atom is -0.457 e. The molecular weight excluding hydrogens is 260 g/mol. The van der Waals surface area contributed by atoms with Crippen LogP contribution in [0.4, 0.5) is 0 Å². The van der Waals surface area contributed by atoms with E-state index >= 15 is 0 Å². The topological polar surface area (TPSA) is 49.8 Å². The van der Waals surface area contributed by atoms with E-state index in [1.54, 1.807) is 18.3 Å². The molecule has 0 saturated heterocycles. The minimum absolute atomic E-state index is 0.592. The van der Waals surface area contributed by atoms with E-state index in [-0.39, 0.29) is 0 Å². The van der Waals surface area contributed by atoms with Crippen molar-refractivity contribution in [2.75, 3.05) is 0 Å². The fourth-order valence-electron chi connectivity index (χ4n) is 1.98. The van der Waals surface area contributed by atoms with Crippen LogP contribution in [0.1, 0.15) is 17.0 Å². The summed E-state index contributed by atoms with van der Waals surface area (Å²) < 4.78 is 5.77. The van der Waals surface area contributed by atoms with Gasteiger partial charge in [-0.3, -0.25) is 4.98 Å². The van der Waals surface area contributed by atoms with E-state index in [4.69, 9.17) is 9.68 Å². The molecule has 0 saturated carbocycles. The first kappa shape index (κ1) is 12.9. The van der Waals surface area contributed by atoms with Crippen molar-refractivity contribution in [3.05, 3.63) is 77.8 Å². The number of nitrogens with zero attached hydrogens (tertiary/aromatic N) is 2. The Bertz CT molecular complexity index is 810. The SMILES string of the molecule is N#Cc1ccnc(/C=C/c2ccc(-c3ccccc3)o2)c1. The molecule has 0 bridgehead atoms. The fourth-order valence-corrected chi connectivity index (χ4v) is 1.98. The third-order valence-corrected chi connectivity index (χ3v) is 3.01. The number of rotatable bonds is 3. The predicted molar refractivity (Wildman–Crippen MR) is 82.0 cm³/mol. The third kappa shape index (κ3) is 3.07. The number of benzene rings is 1. The first-order valence-corrected chi connectivity index (χ1v) is 6.55. The van der Waals surface area contributed by atoms with Crippen LogP contribution < -0.4 is 0 Å². The molecule has 0 fully saturated rings. The van der Waals surface area contributed by atoms with Gasteiger partial charge in [-0.05, 0) is 36.4 Å². The van der Waals surface area contributed by atoms with Gasteiger partial charge in [0.05, 0.1) is 17.3 Å². The molecule has 2 heterocycles. The zero-order valence-electron chi connectivity index (χ0n) is 11.2. The molecular formula is C18H12N2O. The molecule has 3 aromatic rings. The Morgan fingerprint density at radius 3 is 2.67 bits per heavy atom. The molecule has 0 radical (unpaired) electrons. The van der Waals surface area contributed by atoms with E-state index in [0.29, 0.717) is 5.56 Å². The Hall–Kier alpha value is -3.12. The van der Waals surface area contributed by atoms with Gasteiger partial charge in [0.15, 0.2) is 0 Å². The second-order valence-electron chi connectivity index (χ2n) is 4.48. The fraction of sp³-hybridized carbons (Fsp3) is 0. The van der Waals surface area contributed by atoms with Crippen LogP contribution in [-0.4, -0.2) is 4.98 Å². The Kier molecular flexibility index (Phi) is 3.62. The Balaban J connectivity index is 1.81. The van der Waals surface area contributed by atoms with Crippen LogP contribution in [0.25, 0.3) is 23.5 Å². The molecule has 0 spiro atoms. The maximum Gasteiger partial charge on any atom is 0.134 e. The molecule has 0 aliphatic rings. The van der Waals surface area contributed by atoms with Crippen LogP contribution >= 0.6 is 0 Å². The summed E-state index contributed by atoms with van der Waals surface area (Å²) in [6, 6.07) is 19.3. The first-order chi connectivity index (χ1) is 10.3. The molecule has 21 heavy (non-hydrogen) atoms. The van der Waals surface area contributed by atoms with Crippen molar-refractivity contribution in [1.82, 2.24) is 4.98 Å². The van der Waals surface area contributed by atoms with Crippen molar-refractivity contribution in [1.29, 1.82) is 5.26 Å². The van der Waals surface area contributed by atoms with Crippen LogP contribution in [0.5, 0.6) is 0 Å². The van der Waals surface area contributed by atoms with Gasteiger partial charge < -0.3 is 4.42 Å². The van der Waals surface area contributed by atoms with Crippen molar-refractivity contribution in [3.63, 3.8) is 0 Å². The summed E-state index contributed by atoms with van der Waals surface area (Å²) in [7, 11) is 0. The standard InChI is InChI=1S/C18H12N2O/c19-13-14-10-11-20-16(12-14)6-7-17-8-9-18(21-17)15-4-2-1-3-5-15/h1-12H/b7-6+. The summed E-state index contributed by atoms with van der Waals surface area (Å²) >= 11 is 0. The summed E-state index contributed by atoms with van der Waals surface area (Å²) in [6.07, 6.45) is 5.29. The minimum atomic E-state index is 0.592. The largest absolute Gasteiger partial charge is 0.457 e. The normalized spacial score (nSPS) is 10.6. The van der Waals surface area contributed by atoms with Crippen molar-refractivity contribution in [2.45, 2.75) is 0 Å². The van der Waals surface area contributed by atoms with Crippen LogP contribution in [0, 0.1) is 11.3 Å². The van der Waals surface area contributed by atoms with Gasteiger partial charge in [0.1, 0.15) is 11.5 Å². The third-order valence-electron chi connectivity index (χ3n) is 3.01. The Morgan fingerprint density at radius 1 is 1.00 bits per heavy atom. The average molecular weight is 272 g/mol. The zero-order chi connectivity index (χ0) is 14.5. The summed E-state index contributed by atoms with van der Waals surface area (Å²) in [4.78, 5) is 4.19. The number of hydrogen-bond donors (Lipinski definition) is 0. The number of aromatic nitrogens is 1. The van der Waals surface area contributed by atoms with Gasteiger partial charge >= 0.3 is 0 Å². The Morgan fingerprint density at radius 2 is 1.86 bits per heavy atom. The molecule has 0 unspecified atom stereocenters. The highest BCUT2D eigenvalue weighted by Crippen LogP contribution is 2.22. The van der Waals surface area contributed by atoms with Gasteiger partial charge in [0, 0.05) is 11.8 Å². The van der Waals surface area contributed by atoms with Crippen molar-refractivity contribution < 1.29 is 4.42 Å². The summed E-state index contributed by atoms with van der Waals surface area (Å²) in [5, 5.41) is 8.86. The highest BCUT2D eigenvalue weighted by atomic mass is 16.3. The van der Waals surface area contributed by atoms with Crippen molar-refractivity contribution >= 4 is 12.2 Å². The van der Waals surface area contributed by atoms with E-state index in [0.717, 1.165) is 22.8 Å². The highest BCUT2D eigenvalue weighted by Gasteiger charge is 2.02. The number of furan rings is 1. The van der Waals surface area contributed by atoms with Crippen LogP contribution in [-0.2, 0) is 0 Å². The summed E-state index contributed by atoms with van der Waals surface area (Å²) in [5.41, 5.74) is 2.36. The predicted octanol–water partition coefficient (Wildman–Crippen LogP) is 4.38. The quantitative estimate of drug-likeness (QED) is 0.710. The van der Waals surface area contributed by atoms with Crippen molar-refractivity contribution in [2.24, 2.45) is 0 Å². The Labute approximate surface area is 122 Å². The van der Waals surface area contributed by atoms with E-state index in [1.807, 2.05) is 54.6 Å². The van der Waals surface area contributed by atoms with Gasteiger partial charge in [0.25, 0.3) is 0 Å². The number of pyridine rings is 1. The lowest BCUT2D eigenvalue weighted by Crippen LogP contribution is -1.81. The molecule has 0 aliphatic carbocycles. The molecule has 0 aliphatic heterocycles. The van der Waals surface area contributed by atoms with Crippen LogP contribution in [0.15, 0.2) is 65.2 Å². The second kappa shape index (κ2) is 5.89. The monoisotopic (exact) mass is 272 g/mol. The lowest BCUT2D eigenvalue weighted by molar-refractivity contribution is 0.572. The van der Waals surface area contributed by atoms with Gasteiger partial charge in [-0.15, -0.1) is 0 Å². The molecule has 0 N–H and O–H groups in total. The molecule has 3 rings (SSSR count). The molecule has 100 valence electrons. The number of nitriles is 1. The highest BCUT2D eigenvalue weighted by molar-refractivity contribution is 5.68. The average Bonchev–Trinajstić information content (AvgIpc) is 3.03. The van der Waals surface area contributed by atoms with Gasteiger partial charge in [-0.1, -0.05) is 30.3 Å². The maximum atomic E-state index is 8.86. The zero-order valence-corrected chi connectivity index (χ0v) is 11.2. The number of hydrogen-bond acceptors (Lipinski definition) is 3. The smallest absolute Gasteiger partial charge is 0.134 e. The second-order valence-corrected chi connectivity index (χ2v) is 4.48. The van der Waals surface area contributed by atoms with E-state index < -0.39 is 0 Å². The van der Waals surface area contributed by atoms with Gasteiger partial charge in [0.2, 0.25) is 0 Å². The van der Waals surface area contributed by atoms with Crippen LogP contribution in [0.3, 0.4) is 0 Å². The first-order valence-electron chi connectivity index (χ1n) is 6.55. The molecule has 2 aromatic heterocycles. The lowest BCUT2D eigenvalue weighted by Gasteiger charge is -1.95. The van der Waals surface area contributed by atoms with Gasteiger partial charge in [-0.25, -0.2) is 0 Å². The summed E-state index contributed by atoms with van der Waals surface area (Å²) in [5.74, 6) is 1.58. The summed E-state index contributed by atoms with van der Waals surface area (Å²) in [6.45, 7) is 0. The van der Waals surface area contributed by atoms with E-state index in [2.05, 4.69) is 11.1 Å². The molecule has 0 amide bonds. The molecule has 1 aromatic carbocycles.